The fourth-order valence-electron chi connectivity index (χ4n) is 4.38. The van der Waals surface area contributed by atoms with Gasteiger partial charge in [-0.05, 0) is 34.6 Å². The maximum absolute atomic E-state index is 12.8. The molecular weight excluding hydrogens is 396 g/mol. The number of ether oxygens (including phenoxy) is 5. The first-order valence-electron chi connectivity index (χ1n) is 10.2. The summed E-state index contributed by atoms with van der Waals surface area (Å²) in [5.74, 6) is -1.68. The van der Waals surface area contributed by atoms with Crippen LogP contribution >= 0.6 is 0 Å². The minimum atomic E-state index is -1.04. The Morgan fingerprint density at radius 3 is 2.33 bits per heavy atom. The number of esters is 1. The van der Waals surface area contributed by atoms with E-state index in [0.717, 1.165) is 0 Å². The highest BCUT2D eigenvalue weighted by molar-refractivity contribution is 5.74. The van der Waals surface area contributed by atoms with Crippen molar-refractivity contribution >= 4 is 18.0 Å². The van der Waals surface area contributed by atoms with E-state index in [9.17, 15) is 14.4 Å². The summed E-state index contributed by atoms with van der Waals surface area (Å²) in [4.78, 5) is 38.2. The number of hydrogen-bond acceptors (Lipinski definition) is 8. The fraction of sp³-hybridized carbons (Fsp3) is 0.850. The molecule has 2 amide bonds. The van der Waals surface area contributed by atoms with E-state index in [2.05, 4.69) is 5.32 Å². The van der Waals surface area contributed by atoms with Gasteiger partial charge in [0.05, 0.1) is 13.1 Å². The molecule has 0 aromatic rings. The van der Waals surface area contributed by atoms with E-state index in [-0.39, 0.29) is 25.4 Å². The molecule has 5 atom stereocenters. The molecule has 0 radical (unpaired) electrons. The Labute approximate surface area is 176 Å². The molecule has 0 unspecified atom stereocenters. The molecule has 30 heavy (non-hydrogen) atoms. The van der Waals surface area contributed by atoms with Gasteiger partial charge in [0.1, 0.15) is 29.5 Å². The summed E-state index contributed by atoms with van der Waals surface area (Å²) in [7, 11) is 0. The van der Waals surface area contributed by atoms with Crippen LogP contribution in [-0.2, 0) is 33.3 Å². The summed E-state index contributed by atoms with van der Waals surface area (Å²) in [6.07, 6.45) is -3.04. The van der Waals surface area contributed by atoms with Crippen LogP contribution in [0, 0.1) is 0 Å². The van der Waals surface area contributed by atoms with Crippen LogP contribution in [0.25, 0.3) is 0 Å². The monoisotopic (exact) mass is 428 g/mol. The van der Waals surface area contributed by atoms with E-state index < -0.39 is 53.6 Å². The number of carbonyl (C=O) groups excluding carboxylic acids is 3. The van der Waals surface area contributed by atoms with E-state index in [1.54, 1.807) is 34.6 Å². The molecule has 3 aliphatic heterocycles. The molecule has 0 aromatic carbocycles. The first kappa shape index (κ1) is 22.8. The Morgan fingerprint density at radius 1 is 1.10 bits per heavy atom. The van der Waals surface area contributed by atoms with Gasteiger partial charge >= 0.3 is 12.1 Å². The average molecular weight is 428 g/mol. The van der Waals surface area contributed by atoms with Crippen LogP contribution in [0.1, 0.15) is 54.9 Å². The zero-order valence-corrected chi connectivity index (χ0v) is 18.6. The molecule has 170 valence electrons. The summed E-state index contributed by atoms with van der Waals surface area (Å²) in [6.45, 7) is 11.8. The molecule has 3 rings (SSSR count). The van der Waals surface area contributed by atoms with Crippen molar-refractivity contribution in [2.75, 3.05) is 13.1 Å². The Balaban J connectivity index is 1.96. The third-order valence-corrected chi connectivity index (χ3v) is 5.21. The normalized spacial score (nSPS) is 35.1. The van der Waals surface area contributed by atoms with Gasteiger partial charge in [-0.15, -0.1) is 0 Å². The van der Waals surface area contributed by atoms with Crippen LogP contribution in [0.15, 0.2) is 0 Å². The molecule has 10 nitrogen and oxygen atoms in total. The highest BCUT2D eigenvalue weighted by Crippen LogP contribution is 2.46. The number of nitrogens with zero attached hydrogens (tertiary/aromatic N) is 1. The van der Waals surface area contributed by atoms with Gasteiger partial charge in [-0.2, -0.15) is 0 Å². The first-order valence-corrected chi connectivity index (χ1v) is 10.2. The lowest BCUT2D eigenvalue weighted by Gasteiger charge is -2.38. The topological polar surface area (TPSA) is 113 Å². The van der Waals surface area contributed by atoms with Crippen molar-refractivity contribution in [3.63, 3.8) is 0 Å². The summed E-state index contributed by atoms with van der Waals surface area (Å²) in [6, 6.07) is 0. The van der Waals surface area contributed by atoms with Crippen molar-refractivity contribution in [1.82, 2.24) is 10.2 Å². The smallest absolute Gasteiger partial charge is 0.410 e. The van der Waals surface area contributed by atoms with Crippen LogP contribution < -0.4 is 5.32 Å². The second kappa shape index (κ2) is 7.65. The Hall–Kier alpha value is -1.91. The quantitative estimate of drug-likeness (QED) is 0.655. The van der Waals surface area contributed by atoms with Crippen LogP contribution in [-0.4, -0.2) is 77.5 Å². The maximum atomic E-state index is 12.8. The molecule has 0 spiro atoms. The number of likely N-dealkylation sites (tertiary alicyclic amines) is 1. The lowest BCUT2D eigenvalue weighted by molar-refractivity contribution is -0.214. The van der Waals surface area contributed by atoms with Gasteiger partial charge in [-0.25, -0.2) is 4.79 Å². The van der Waals surface area contributed by atoms with E-state index in [0.29, 0.717) is 0 Å². The predicted molar refractivity (Wildman–Crippen MR) is 103 cm³/mol. The second-order valence-electron chi connectivity index (χ2n) is 9.59. The molecule has 0 aromatic heterocycles. The second-order valence-corrected chi connectivity index (χ2v) is 9.59. The van der Waals surface area contributed by atoms with Gasteiger partial charge in [0.15, 0.2) is 12.1 Å². The lowest BCUT2D eigenvalue weighted by atomic mass is 9.83. The lowest BCUT2D eigenvalue weighted by Crippen LogP contribution is -2.63. The molecular formula is C20H32N2O8. The van der Waals surface area contributed by atoms with Gasteiger partial charge in [0.25, 0.3) is 0 Å². The van der Waals surface area contributed by atoms with E-state index in [1.165, 1.54) is 18.7 Å². The van der Waals surface area contributed by atoms with Gasteiger partial charge in [-0.3, -0.25) is 9.59 Å². The highest BCUT2D eigenvalue weighted by Gasteiger charge is 2.66. The van der Waals surface area contributed by atoms with Crippen molar-refractivity contribution in [2.24, 2.45) is 0 Å². The molecule has 0 saturated carbocycles. The molecule has 0 aliphatic carbocycles. The van der Waals surface area contributed by atoms with Crippen molar-refractivity contribution in [3.8, 4) is 0 Å². The Bertz CT molecular complexity index is 718. The number of fused-ring (bicyclic) bond motifs is 3. The number of nitrogens with one attached hydrogen (secondary N) is 1. The number of carbonyl (C=O) groups is 3. The van der Waals surface area contributed by atoms with Crippen molar-refractivity contribution in [2.45, 2.75) is 96.4 Å². The molecule has 0 bridgehead atoms. The van der Waals surface area contributed by atoms with Crippen LogP contribution in [0.3, 0.4) is 0 Å². The van der Waals surface area contributed by atoms with Crippen LogP contribution in [0.4, 0.5) is 4.79 Å². The molecule has 1 N–H and O–H groups in total. The van der Waals surface area contributed by atoms with Gasteiger partial charge < -0.3 is 33.9 Å². The number of amides is 2. The SMILES string of the molecule is CC(=O)N[C@]12C[C@H](OC(C)=O)CN(C(=O)OC(C)(C)C)C[C@H]1O[C@@H]1OC(C)(C)O[C@@H]12. The van der Waals surface area contributed by atoms with Crippen molar-refractivity contribution in [3.05, 3.63) is 0 Å². The van der Waals surface area contributed by atoms with E-state index in [1.807, 2.05) is 0 Å². The Kier molecular flexibility index (Phi) is 5.81. The standard InChI is InChI=1S/C20H32N2O8/c1-11(23)21-20-8-13(26-12(2)24)9-22(17(25)30-18(3,4)5)10-14(20)27-16-15(20)28-19(6,7)29-16/h13-16H,8-10H2,1-7H3,(H,21,23)/t13-,14+,15-,16+,20+/m0/s1. The molecule has 3 aliphatic rings. The summed E-state index contributed by atoms with van der Waals surface area (Å²) in [5, 5.41) is 2.98. The Morgan fingerprint density at radius 2 is 1.77 bits per heavy atom. The highest BCUT2D eigenvalue weighted by atomic mass is 16.8. The summed E-state index contributed by atoms with van der Waals surface area (Å²) >= 11 is 0. The van der Waals surface area contributed by atoms with Gasteiger partial charge in [0.2, 0.25) is 5.91 Å². The van der Waals surface area contributed by atoms with Gasteiger partial charge in [0, 0.05) is 20.3 Å². The molecule has 3 heterocycles. The predicted octanol–water partition coefficient (Wildman–Crippen LogP) is 1.31. The van der Waals surface area contributed by atoms with Crippen molar-refractivity contribution < 1.29 is 38.1 Å². The third-order valence-electron chi connectivity index (χ3n) is 5.21. The third kappa shape index (κ3) is 4.70. The minimum Gasteiger partial charge on any atom is -0.461 e. The fourth-order valence-corrected chi connectivity index (χ4v) is 4.38. The summed E-state index contributed by atoms with van der Waals surface area (Å²) in [5.41, 5.74) is -1.74. The maximum Gasteiger partial charge on any atom is 0.410 e. The van der Waals surface area contributed by atoms with E-state index in [4.69, 9.17) is 23.7 Å². The first-order chi connectivity index (χ1) is 13.7. The average Bonchev–Trinajstić information content (AvgIpc) is 2.89. The number of rotatable bonds is 2. The summed E-state index contributed by atoms with van der Waals surface area (Å²) < 4.78 is 29.1. The molecule has 10 heteroatoms. The van der Waals surface area contributed by atoms with Crippen LogP contribution in [0.2, 0.25) is 0 Å². The van der Waals surface area contributed by atoms with E-state index >= 15 is 0 Å². The van der Waals surface area contributed by atoms with Gasteiger partial charge in [-0.1, -0.05) is 0 Å². The largest absolute Gasteiger partial charge is 0.461 e. The number of hydrogen-bond donors (Lipinski definition) is 1. The molecule has 3 saturated heterocycles. The van der Waals surface area contributed by atoms with Crippen LogP contribution in [0.5, 0.6) is 0 Å². The minimum absolute atomic E-state index is 0.108. The van der Waals surface area contributed by atoms with Crippen molar-refractivity contribution in [1.29, 1.82) is 0 Å². The molecule has 3 fully saturated rings. The zero-order chi connectivity index (χ0) is 22.5. The zero-order valence-electron chi connectivity index (χ0n) is 18.6.